The van der Waals surface area contributed by atoms with Gasteiger partial charge in [0, 0.05) is 26.2 Å². The molecule has 142 valence electrons. The molecule has 8 heteroatoms. The smallest absolute Gasteiger partial charge is 0.409 e. The second-order valence-corrected chi connectivity index (χ2v) is 6.01. The van der Waals surface area contributed by atoms with Gasteiger partial charge in [0.25, 0.3) is 0 Å². The molecule has 1 aliphatic rings. The second-order valence-electron chi connectivity index (χ2n) is 6.01. The third-order valence-electron chi connectivity index (χ3n) is 4.27. The van der Waals surface area contributed by atoms with Crippen LogP contribution in [-0.2, 0) is 20.7 Å². The highest BCUT2D eigenvalue weighted by Gasteiger charge is 2.27. The van der Waals surface area contributed by atoms with E-state index in [-0.39, 0.29) is 12.0 Å². The standard InChI is InChI=1S/C18H25N3O5/c1-3-26-18(24)21-10-8-20(9-11-21)16(22)15(19)12-13-4-6-14(7-5-13)17(23)25-2/h4-7,15H,3,8-12,19H2,1-2H3. The van der Waals surface area contributed by atoms with Gasteiger partial charge >= 0.3 is 12.1 Å². The summed E-state index contributed by atoms with van der Waals surface area (Å²) in [5, 5.41) is 0. The summed E-state index contributed by atoms with van der Waals surface area (Å²) in [6.45, 7) is 3.83. The van der Waals surface area contributed by atoms with E-state index in [1.54, 1.807) is 41.0 Å². The van der Waals surface area contributed by atoms with Crippen LogP contribution >= 0.6 is 0 Å². The maximum absolute atomic E-state index is 12.5. The van der Waals surface area contributed by atoms with Crippen molar-refractivity contribution in [2.45, 2.75) is 19.4 Å². The van der Waals surface area contributed by atoms with Gasteiger partial charge in [-0.15, -0.1) is 0 Å². The predicted octanol–water partition coefficient (Wildman–Crippen LogP) is 0.644. The molecule has 2 amide bonds. The van der Waals surface area contributed by atoms with Gasteiger partial charge in [-0.2, -0.15) is 0 Å². The number of esters is 1. The van der Waals surface area contributed by atoms with Gasteiger partial charge in [0.2, 0.25) is 5.91 Å². The van der Waals surface area contributed by atoms with Crippen molar-refractivity contribution < 1.29 is 23.9 Å². The molecular formula is C18H25N3O5. The molecule has 2 N–H and O–H groups in total. The van der Waals surface area contributed by atoms with Crippen molar-refractivity contribution in [1.29, 1.82) is 0 Å². The van der Waals surface area contributed by atoms with Crippen LogP contribution in [0, 0.1) is 0 Å². The van der Waals surface area contributed by atoms with Crippen molar-refractivity contribution in [2.75, 3.05) is 39.9 Å². The van der Waals surface area contributed by atoms with Crippen LogP contribution in [0.1, 0.15) is 22.8 Å². The highest BCUT2D eigenvalue weighted by Crippen LogP contribution is 2.10. The Kier molecular flexibility index (Phi) is 6.97. The van der Waals surface area contributed by atoms with Crippen LogP contribution in [0.5, 0.6) is 0 Å². The molecule has 1 fully saturated rings. The fourth-order valence-electron chi connectivity index (χ4n) is 2.79. The van der Waals surface area contributed by atoms with Crippen molar-refractivity contribution in [2.24, 2.45) is 5.73 Å². The predicted molar refractivity (Wildman–Crippen MR) is 94.6 cm³/mol. The molecule has 1 atom stereocenters. The van der Waals surface area contributed by atoms with E-state index in [2.05, 4.69) is 4.74 Å². The van der Waals surface area contributed by atoms with Gasteiger partial charge in [-0.1, -0.05) is 12.1 Å². The van der Waals surface area contributed by atoms with E-state index in [0.717, 1.165) is 5.56 Å². The number of piperazine rings is 1. The Hall–Kier alpha value is -2.61. The number of carbonyl (C=O) groups is 3. The SMILES string of the molecule is CCOC(=O)N1CCN(C(=O)C(N)Cc2ccc(C(=O)OC)cc2)CC1. The molecule has 1 unspecified atom stereocenters. The second kappa shape index (κ2) is 9.19. The first-order chi connectivity index (χ1) is 12.5. The minimum Gasteiger partial charge on any atom is -0.465 e. The van der Waals surface area contributed by atoms with Gasteiger partial charge < -0.3 is 25.0 Å². The Morgan fingerprint density at radius 1 is 1.08 bits per heavy atom. The maximum atomic E-state index is 12.5. The van der Waals surface area contributed by atoms with Gasteiger partial charge in [0.05, 0.1) is 25.3 Å². The Balaban J connectivity index is 1.86. The van der Waals surface area contributed by atoms with Crippen molar-refractivity contribution in [3.63, 3.8) is 0 Å². The minimum absolute atomic E-state index is 0.148. The lowest BCUT2D eigenvalue weighted by molar-refractivity contribution is -0.134. The Labute approximate surface area is 152 Å². The molecule has 1 aromatic carbocycles. The van der Waals surface area contributed by atoms with Crippen LogP contribution in [0.4, 0.5) is 4.79 Å². The molecule has 1 saturated heterocycles. The summed E-state index contributed by atoms with van der Waals surface area (Å²) in [5.74, 6) is -0.554. The summed E-state index contributed by atoms with van der Waals surface area (Å²) >= 11 is 0. The van der Waals surface area contributed by atoms with Crippen LogP contribution in [0.2, 0.25) is 0 Å². The number of nitrogens with two attached hydrogens (primary N) is 1. The molecule has 0 radical (unpaired) electrons. The van der Waals surface area contributed by atoms with Crippen LogP contribution < -0.4 is 5.73 Å². The zero-order chi connectivity index (χ0) is 19.1. The number of benzene rings is 1. The van der Waals surface area contributed by atoms with Crippen molar-refractivity contribution in [1.82, 2.24) is 9.80 Å². The lowest BCUT2D eigenvalue weighted by Crippen LogP contribution is -2.54. The maximum Gasteiger partial charge on any atom is 0.409 e. The van der Waals surface area contributed by atoms with Gasteiger partial charge in [-0.25, -0.2) is 9.59 Å². The Morgan fingerprint density at radius 3 is 2.19 bits per heavy atom. The summed E-state index contributed by atoms with van der Waals surface area (Å²) in [6.07, 6.45) is 0.0212. The molecular weight excluding hydrogens is 338 g/mol. The molecule has 0 spiro atoms. The van der Waals surface area contributed by atoms with E-state index in [0.29, 0.717) is 44.8 Å². The van der Waals surface area contributed by atoms with Gasteiger partial charge in [-0.3, -0.25) is 4.79 Å². The lowest BCUT2D eigenvalue weighted by Gasteiger charge is -2.35. The summed E-state index contributed by atoms with van der Waals surface area (Å²) in [5.41, 5.74) is 7.37. The zero-order valence-corrected chi connectivity index (χ0v) is 15.1. The molecule has 0 saturated carbocycles. The van der Waals surface area contributed by atoms with E-state index in [9.17, 15) is 14.4 Å². The molecule has 8 nitrogen and oxygen atoms in total. The number of nitrogens with zero attached hydrogens (tertiary/aromatic N) is 2. The zero-order valence-electron chi connectivity index (χ0n) is 15.1. The number of carbonyl (C=O) groups excluding carboxylic acids is 3. The summed E-state index contributed by atoms with van der Waals surface area (Å²) in [4.78, 5) is 38.9. The largest absolute Gasteiger partial charge is 0.465 e. The van der Waals surface area contributed by atoms with Crippen LogP contribution in [-0.4, -0.2) is 73.7 Å². The third kappa shape index (κ3) is 4.95. The van der Waals surface area contributed by atoms with Crippen molar-refractivity contribution in [3.05, 3.63) is 35.4 Å². The van der Waals surface area contributed by atoms with E-state index >= 15 is 0 Å². The quantitative estimate of drug-likeness (QED) is 0.771. The van der Waals surface area contributed by atoms with E-state index in [1.807, 2.05) is 0 Å². The van der Waals surface area contributed by atoms with Crippen molar-refractivity contribution >= 4 is 18.0 Å². The average molecular weight is 363 g/mol. The fraction of sp³-hybridized carbons (Fsp3) is 0.500. The van der Waals surface area contributed by atoms with Crippen LogP contribution in [0.3, 0.4) is 0 Å². The van der Waals surface area contributed by atoms with E-state index in [1.165, 1.54) is 7.11 Å². The van der Waals surface area contributed by atoms with Gasteiger partial charge in [-0.05, 0) is 31.0 Å². The van der Waals surface area contributed by atoms with Gasteiger partial charge in [0.1, 0.15) is 0 Å². The summed E-state index contributed by atoms with van der Waals surface area (Å²) < 4.78 is 9.62. The molecule has 2 rings (SSSR count). The minimum atomic E-state index is -0.673. The highest BCUT2D eigenvalue weighted by molar-refractivity contribution is 5.89. The number of amides is 2. The molecule has 26 heavy (non-hydrogen) atoms. The van der Waals surface area contributed by atoms with Crippen molar-refractivity contribution in [3.8, 4) is 0 Å². The number of methoxy groups -OCH3 is 1. The third-order valence-corrected chi connectivity index (χ3v) is 4.27. The molecule has 1 heterocycles. The normalized spacial score (nSPS) is 15.3. The Bertz CT molecular complexity index is 639. The molecule has 0 aromatic heterocycles. The first kappa shape index (κ1) is 19.7. The van der Waals surface area contributed by atoms with Crippen LogP contribution in [0.15, 0.2) is 24.3 Å². The Morgan fingerprint density at radius 2 is 1.65 bits per heavy atom. The monoisotopic (exact) mass is 363 g/mol. The highest BCUT2D eigenvalue weighted by atomic mass is 16.6. The number of hydrogen-bond acceptors (Lipinski definition) is 6. The first-order valence-corrected chi connectivity index (χ1v) is 8.59. The fourth-order valence-corrected chi connectivity index (χ4v) is 2.79. The van der Waals surface area contributed by atoms with E-state index in [4.69, 9.17) is 10.5 Å². The first-order valence-electron chi connectivity index (χ1n) is 8.59. The molecule has 0 aliphatic carbocycles. The average Bonchev–Trinajstić information content (AvgIpc) is 2.67. The van der Waals surface area contributed by atoms with Gasteiger partial charge in [0.15, 0.2) is 0 Å². The topological polar surface area (TPSA) is 102 Å². The molecule has 1 aromatic rings. The number of rotatable bonds is 5. The summed E-state index contributed by atoms with van der Waals surface area (Å²) in [7, 11) is 1.33. The molecule has 0 bridgehead atoms. The lowest BCUT2D eigenvalue weighted by atomic mass is 10.0. The van der Waals surface area contributed by atoms with Crippen LogP contribution in [0.25, 0.3) is 0 Å². The summed E-state index contributed by atoms with van der Waals surface area (Å²) in [6, 6.07) is 6.15. The number of ether oxygens (including phenoxy) is 2. The molecule has 1 aliphatic heterocycles. The van der Waals surface area contributed by atoms with E-state index < -0.39 is 12.0 Å². The number of hydrogen-bond donors (Lipinski definition) is 1.